The number of hydrogen-bond acceptors (Lipinski definition) is 13. The minimum Gasteiger partial charge on any atom is -0.493 e. The summed E-state index contributed by atoms with van der Waals surface area (Å²) >= 11 is 0. The molecule has 0 saturated carbocycles. The molecule has 2 aromatic rings. The summed E-state index contributed by atoms with van der Waals surface area (Å²) in [4.78, 5) is 0. The fourth-order valence-electron chi connectivity index (χ4n) is 4.30. The van der Waals surface area contributed by atoms with Crippen molar-refractivity contribution in [3.05, 3.63) is 41.5 Å². The largest absolute Gasteiger partial charge is 0.493 e. The SMILES string of the molecule is COc1cc(CCCO)ccc1O[C@H](CO)[C@@H](O)c1cc(OC)c(O[C@@H]2O[C@H](CO)[C@@H](O)[C@H](O)[C@H]2O)c(OC)c1. The van der Waals surface area contributed by atoms with Gasteiger partial charge in [-0.3, -0.25) is 0 Å². The average Bonchev–Trinajstić information content (AvgIpc) is 2.98. The van der Waals surface area contributed by atoms with Crippen LogP contribution >= 0.6 is 0 Å². The van der Waals surface area contributed by atoms with E-state index in [2.05, 4.69) is 0 Å². The molecule has 3 rings (SSSR count). The molecule has 40 heavy (non-hydrogen) atoms. The zero-order chi connectivity index (χ0) is 29.4. The van der Waals surface area contributed by atoms with Gasteiger partial charge in [-0.15, -0.1) is 0 Å². The van der Waals surface area contributed by atoms with Gasteiger partial charge in [-0.05, 0) is 48.2 Å². The zero-order valence-electron chi connectivity index (χ0n) is 22.5. The predicted octanol–water partition coefficient (Wildman–Crippen LogP) is -0.711. The molecule has 224 valence electrons. The van der Waals surface area contributed by atoms with E-state index in [4.69, 9.17) is 33.5 Å². The Morgan fingerprint density at radius 2 is 1.48 bits per heavy atom. The molecule has 13 heteroatoms. The number of aliphatic hydroxyl groups is 7. The molecule has 7 N–H and O–H groups in total. The summed E-state index contributed by atoms with van der Waals surface area (Å²) in [6.07, 6.45) is -8.88. The van der Waals surface area contributed by atoms with E-state index >= 15 is 0 Å². The summed E-state index contributed by atoms with van der Waals surface area (Å²) in [6, 6.07) is 8.02. The molecular formula is C27H38O13. The number of ether oxygens (including phenoxy) is 6. The van der Waals surface area contributed by atoms with Crippen molar-refractivity contribution in [2.75, 3.05) is 41.2 Å². The highest BCUT2D eigenvalue weighted by Gasteiger charge is 2.45. The Balaban J connectivity index is 1.86. The van der Waals surface area contributed by atoms with Crippen molar-refractivity contribution in [1.29, 1.82) is 0 Å². The molecule has 1 heterocycles. The lowest BCUT2D eigenvalue weighted by Crippen LogP contribution is -2.60. The first-order valence-corrected chi connectivity index (χ1v) is 12.7. The number of hydrogen-bond donors (Lipinski definition) is 7. The first-order valence-electron chi connectivity index (χ1n) is 12.7. The highest BCUT2D eigenvalue weighted by Crippen LogP contribution is 2.43. The van der Waals surface area contributed by atoms with E-state index in [1.165, 1.54) is 33.5 Å². The van der Waals surface area contributed by atoms with Gasteiger partial charge in [-0.2, -0.15) is 0 Å². The Bertz CT molecular complexity index is 1050. The molecule has 0 radical (unpaired) electrons. The van der Waals surface area contributed by atoms with Crippen LogP contribution in [0.2, 0.25) is 0 Å². The van der Waals surface area contributed by atoms with Crippen LogP contribution in [-0.2, 0) is 11.2 Å². The summed E-state index contributed by atoms with van der Waals surface area (Å²) in [5.41, 5.74) is 1.15. The van der Waals surface area contributed by atoms with Crippen molar-refractivity contribution in [2.24, 2.45) is 0 Å². The minimum absolute atomic E-state index is 0.0490. The standard InChI is InChI=1S/C27H38O13/c1-35-17-9-14(5-4-8-28)6-7-16(17)38-20(12-29)22(31)15-10-18(36-2)26(19(11-15)37-3)40-27-25(34)24(33)23(32)21(13-30)39-27/h6-7,9-11,20-25,27-34H,4-5,8,12-13H2,1-3H3/t20-,21-,22+,23-,24+,25-,27+/m1/s1. The van der Waals surface area contributed by atoms with Crippen molar-refractivity contribution in [2.45, 2.75) is 55.8 Å². The number of aliphatic hydroxyl groups excluding tert-OH is 7. The van der Waals surface area contributed by atoms with Gasteiger partial charge in [0.15, 0.2) is 29.1 Å². The average molecular weight is 571 g/mol. The Kier molecular flexibility index (Phi) is 11.6. The van der Waals surface area contributed by atoms with Crippen LogP contribution in [0, 0.1) is 0 Å². The third-order valence-corrected chi connectivity index (χ3v) is 6.57. The highest BCUT2D eigenvalue weighted by molar-refractivity contribution is 5.54. The monoisotopic (exact) mass is 570 g/mol. The second kappa shape index (κ2) is 14.7. The van der Waals surface area contributed by atoms with Crippen LogP contribution < -0.4 is 23.7 Å². The van der Waals surface area contributed by atoms with Crippen LogP contribution in [0.15, 0.2) is 30.3 Å². The Morgan fingerprint density at radius 3 is 2.02 bits per heavy atom. The summed E-state index contributed by atoms with van der Waals surface area (Å²) in [7, 11) is 4.12. The van der Waals surface area contributed by atoms with E-state index in [1.54, 1.807) is 18.2 Å². The topological polar surface area (TPSA) is 197 Å². The van der Waals surface area contributed by atoms with E-state index in [-0.39, 0.29) is 35.2 Å². The van der Waals surface area contributed by atoms with E-state index in [0.717, 1.165) is 5.56 Å². The van der Waals surface area contributed by atoms with Crippen molar-refractivity contribution < 1.29 is 64.2 Å². The number of benzene rings is 2. The van der Waals surface area contributed by atoms with Crippen molar-refractivity contribution in [1.82, 2.24) is 0 Å². The molecule has 0 bridgehead atoms. The van der Waals surface area contributed by atoms with E-state index in [1.807, 2.05) is 0 Å². The van der Waals surface area contributed by atoms with Gasteiger partial charge >= 0.3 is 0 Å². The lowest BCUT2D eigenvalue weighted by Gasteiger charge is -2.39. The number of aryl methyl sites for hydroxylation is 1. The number of methoxy groups -OCH3 is 3. The van der Waals surface area contributed by atoms with E-state index < -0.39 is 56.1 Å². The van der Waals surface area contributed by atoms with Gasteiger partial charge in [0.05, 0.1) is 34.5 Å². The lowest BCUT2D eigenvalue weighted by atomic mass is 9.99. The molecule has 1 aliphatic rings. The van der Waals surface area contributed by atoms with Crippen LogP contribution in [-0.4, -0.2) is 114 Å². The van der Waals surface area contributed by atoms with Crippen molar-refractivity contribution in [3.8, 4) is 28.7 Å². The van der Waals surface area contributed by atoms with Crippen LogP contribution in [0.3, 0.4) is 0 Å². The smallest absolute Gasteiger partial charge is 0.229 e. The molecule has 7 atom stereocenters. The highest BCUT2D eigenvalue weighted by atomic mass is 16.7. The van der Waals surface area contributed by atoms with Crippen LogP contribution in [0.25, 0.3) is 0 Å². The molecule has 1 aliphatic heterocycles. The van der Waals surface area contributed by atoms with Crippen LogP contribution in [0.5, 0.6) is 28.7 Å². The molecule has 0 amide bonds. The normalized spacial score (nSPS) is 24.2. The summed E-state index contributed by atoms with van der Waals surface area (Å²) in [5.74, 6) is 0.724. The summed E-state index contributed by atoms with van der Waals surface area (Å²) in [5, 5.41) is 70.2. The molecule has 0 unspecified atom stereocenters. The molecular weight excluding hydrogens is 532 g/mol. The molecule has 1 fully saturated rings. The van der Waals surface area contributed by atoms with Crippen molar-refractivity contribution >= 4 is 0 Å². The van der Waals surface area contributed by atoms with Gasteiger partial charge in [-0.25, -0.2) is 0 Å². The summed E-state index contributed by atoms with van der Waals surface area (Å²) in [6.45, 7) is -1.15. The maximum absolute atomic E-state index is 11.1. The first-order chi connectivity index (χ1) is 19.2. The Labute approximate surface area is 231 Å². The Hall–Kier alpha value is -2.88. The minimum atomic E-state index is -1.67. The predicted molar refractivity (Wildman–Crippen MR) is 139 cm³/mol. The fourth-order valence-corrected chi connectivity index (χ4v) is 4.30. The zero-order valence-corrected chi connectivity index (χ0v) is 22.5. The van der Waals surface area contributed by atoms with Gasteiger partial charge < -0.3 is 64.2 Å². The van der Waals surface area contributed by atoms with Gasteiger partial charge in [0, 0.05) is 6.61 Å². The molecule has 0 aliphatic carbocycles. The fraction of sp³-hybridized carbons (Fsp3) is 0.556. The van der Waals surface area contributed by atoms with Crippen molar-refractivity contribution in [3.63, 3.8) is 0 Å². The lowest BCUT2D eigenvalue weighted by molar-refractivity contribution is -0.277. The second-order valence-corrected chi connectivity index (χ2v) is 9.17. The first kappa shape index (κ1) is 31.6. The Morgan fingerprint density at radius 1 is 0.825 bits per heavy atom. The quantitative estimate of drug-likeness (QED) is 0.151. The third-order valence-electron chi connectivity index (χ3n) is 6.57. The van der Waals surface area contributed by atoms with Crippen LogP contribution in [0.1, 0.15) is 23.7 Å². The summed E-state index contributed by atoms with van der Waals surface area (Å²) < 4.78 is 33.3. The molecule has 0 aromatic heterocycles. The molecule has 0 spiro atoms. The van der Waals surface area contributed by atoms with Gasteiger partial charge in [-0.1, -0.05) is 6.07 Å². The second-order valence-electron chi connectivity index (χ2n) is 9.17. The van der Waals surface area contributed by atoms with Gasteiger partial charge in [0.25, 0.3) is 0 Å². The van der Waals surface area contributed by atoms with Gasteiger partial charge in [0.2, 0.25) is 12.0 Å². The molecule has 1 saturated heterocycles. The maximum atomic E-state index is 11.1. The van der Waals surface area contributed by atoms with Gasteiger partial charge in [0.1, 0.15) is 30.5 Å². The molecule has 13 nitrogen and oxygen atoms in total. The molecule has 2 aromatic carbocycles. The van der Waals surface area contributed by atoms with E-state index in [0.29, 0.717) is 18.6 Å². The maximum Gasteiger partial charge on any atom is 0.229 e. The number of rotatable bonds is 14. The third kappa shape index (κ3) is 7.06. The van der Waals surface area contributed by atoms with E-state index in [9.17, 15) is 30.6 Å². The van der Waals surface area contributed by atoms with Crippen LogP contribution in [0.4, 0.5) is 0 Å².